The normalized spacial score (nSPS) is 30.4. The zero-order chi connectivity index (χ0) is 14.1. The van der Waals surface area contributed by atoms with Crippen molar-refractivity contribution in [3.05, 3.63) is 48.0 Å². The second kappa shape index (κ2) is 5.23. The molecule has 1 aromatic carbocycles. The van der Waals surface area contributed by atoms with Gasteiger partial charge in [-0.05, 0) is 30.7 Å². The Labute approximate surface area is 118 Å². The minimum absolute atomic E-state index is 0.100. The van der Waals surface area contributed by atoms with Crippen LogP contribution in [0, 0.1) is 23.7 Å². The molecule has 0 heterocycles. The van der Waals surface area contributed by atoms with E-state index < -0.39 is 0 Å². The number of carbonyl (C=O) groups excluding carboxylic acids is 2. The zero-order valence-corrected chi connectivity index (χ0v) is 11.5. The number of hydrogen-bond donors (Lipinski definition) is 0. The third-order valence-corrected chi connectivity index (χ3v) is 4.42. The van der Waals surface area contributed by atoms with Crippen LogP contribution in [-0.4, -0.2) is 11.8 Å². The highest BCUT2D eigenvalue weighted by atomic mass is 16.5. The minimum Gasteiger partial charge on any atom is -0.461 e. The maximum atomic E-state index is 12.3. The van der Waals surface area contributed by atoms with E-state index in [0.29, 0.717) is 0 Å². The predicted molar refractivity (Wildman–Crippen MR) is 74.6 cm³/mol. The van der Waals surface area contributed by atoms with E-state index >= 15 is 0 Å². The molecule has 0 aliphatic heterocycles. The molecule has 0 N–H and O–H groups in total. The van der Waals surface area contributed by atoms with Gasteiger partial charge in [-0.15, -0.1) is 0 Å². The van der Waals surface area contributed by atoms with Crippen LogP contribution in [0.4, 0.5) is 0 Å². The van der Waals surface area contributed by atoms with Crippen LogP contribution in [0.3, 0.4) is 0 Å². The van der Waals surface area contributed by atoms with Crippen molar-refractivity contribution in [3.8, 4) is 0 Å². The first kappa shape index (κ1) is 13.1. The van der Waals surface area contributed by atoms with E-state index in [1.807, 2.05) is 30.3 Å². The predicted octanol–water partition coefficient (Wildman–Crippen LogP) is 2.76. The molecule has 0 unspecified atom stereocenters. The summed E-state index contributed by atoms with van der Waals surface area (Å²) in [6, 6.07) is 9.62. The number of Topliss-reactive ketones (excluding diaryl/α,β-unsaturated/α-hetero) is 1. The molecule has 1 saturated carbocycles. The van der Waals surface area contributed by atoms with Crippen LogP contribution in [0.15, 0.2) is 42.5 Å². The van der Waals surface area contributed by atoms with Crippen molar-refractivity contribution in [1.82, 2.24) is 0 Å². The molecule has 2 bridgehead atoms. The molecule has 3 nitrogen and oxygen atoms in total. The Morgan fingerprint density at radius 3 is 2.40 bits per heavy atom. The number of rotatable bonds is 4. The average Bonchev–Trinajstić information content (AvgIpc) is 3.06. The van der Waals surface area contributed by atoms with Crippen molar-refractivity contribution in [1.29, 1.82) is 0 Å². The molecule has 3 rings (SSSR count). The van der Waals surface area contributed by atoms with E-state index in [2.05, 4.69) is 12.2 Å². The Kier molecular flexibility index (Phi) is 3.43. The van der Waals surface area contributed by atoms with Crippen molar-refractivity contribution < 1.29 is 14.3 Å². The summed E-state index contributed by atoms with van der Waals surface area (Å²) in [7, 11) is 0. The highest BCUT2D eigenvalue weighted by Gasteiger charge is 2.50. The van der Waals surface area contributed by atoms with Crippen LogP contribution in [-0.2, 0) is 20.9 Å². The summed E-state index contributed by atoms with van der Waals surface area (Å²) in [4.78, 5) is 24.1. The van der Waals surface area contributed by atoms with Gasteiger partial charge < -0.3 is 4.74 Å². The van der Waals surface area contributed by atoms with E-state index in [0.717, 1.165) is 12.0 Å². The molecule has 104 valence electrons. The summed E-state index contributed by atoms with van der Waals surface area (Å²) in [5.74, 6) is -0.196. The Morgan fingerprint density at radius 2 is 1.75 bits per heavy atom. The molecule has 4 atom stereocenters. The van der Waals surface area contributed by atoms with Gasteiger partial charge in [0.15, 0.2) is 0 Å². The van der Waals surface area contributed by atoms with Gasteiger partial charge in [0.2, 0.25) is 0 Å². The van der Waals surface area contributed by atoms with E-state index in [1.165, 1.54) is 0 Å². The maximum absolute atomic E-state index is 12.3. The highest BCUT2D eigenvalue weighted by molar-refractivity contribution is 5.87. The molecule has 2 aliphatic rings. The zero-order valence-electron chi connectivity index (χ0n) is 11.5. The quantitative estimate of drug-likeness (QED) is 0.624. The third kappa shape index (κ3) is 2.28. The van der Waals surface area contributed by atoms with Crippen LogP contribution in [0.1, 0.15) is 18.9 Å². The van der Waals surface area contributed by atoms with Gasteiger partial charge in [0.25, 0.3) is 0 Å². The van der Waals surface area contributed by atoms with E-state index in [-0.39, 0.29) is 42.0 Å². The molecule has 1 aromatic rings. The van der Waals surface area contributed by atoms with Gasteiger partial charge >= 0.3 is 5.97 Å². The third-order valence-electron chi connectivity index (χ3n) is 4.42. The molecular weight excluding hydrogens is 252 g/mol. The Morgan fingerprint density at radius 1 is 1.10 bits per heavy atom. The molecule has 2 aliphatic carbocycles. The molecule has 0 amide bonds. The summed E-state index contributed by atoms with van der Waals surface area (Å²) in [5, 5.41) is 0. The molecule has 1 fully saturated rings. The summed E-state index contributed by atoms with van der Waals surface area (Å²) in [6.07, 6.45) is 5.06. The van der Waals surface area contributed by atoms with Gasteiger partial charge in [0, 0.05) is 5.92 Å². The minimum atomic E-state index is -0.286. The fourth-order valence-electron chi connectivity index (χ4n) is 3.52. The smallest absolute Gasteiger partial charge is 0.310 e. The number of ether oxygens (including phenoxy) is 1. The number of benzene rings is 1. The van der Waals surface area contributed by atoms with Crippen molar-refractivity contribution in [2.24, 2.45) is 23.7 Å². The molecule has 0 saturated heterocycles. The summed E-state index contributed by atoms with van der Waals surface area (Å²) in [6.45, 7) is 1.86. The summed E-state index contributed by atoms with van der Waals surface area (Å²) in [5.41, 5.74) is 0.971. The lowest BCUT2D eigenvalue weighted by Gasteiger charge is -2.24. The van der Waals surface area contributed by atoms with Gasteiger partial charge in [-0.3, -0.25) is 9.59 Å². The monoisotopic (exact) mass is 270 g/mol. The number of hydrogen-bond acceptors (Lipinski definition) is 3. The van der Waals surface area contributed by atoms with Crippen LogP contribution in [0.25, 0.3) is 0 Å². The number of esters is 1. The topological polar surface area (TPSA) is 43.4 Å². The van der Waals surface area contributed by atoms with E-state index in [4.69, 9.17) is 4.74 Å². The van der Waals surface area contributed by atoms with Gasteiger partial charge in [0.05, 0.1) is 5.92 Å². The SMILES string of the molecule is CC(=O)[C@@H]1[C@@H](C(=O)OCc2ccccc2)[C@H]2C=C[C@@H]1C2. The van der Waals surface area contributed by atoms with Crippen LogP contribution in [0.5, 0.6) is 0 Å². The molecule has 3 heteroatoms. The van der Waals surface area contributed by atoms with Gasteiger partial charge in [0.1, 0.15) is 12.4 Å². The standard InChI is InChI=1S/C17H18O3/c1-11(18)15-13-7-8-14(9-13)16(15)17(19)20-10-12-5-3-2-4-6-12/h2-8,13-16H,9-10H2,1H3/t13-,14+,15+,16+/m1/s1. The second-order valence-electron chi connectivity index (χ2n) is 5.70. The Hall–Kier alpha value is -1.90. The highest BCUT2D eigenvalue weighted by Crippen LogP contribution is 2.48. The van der Waals surface area contributed by atoms with Crippen molar-refractivity contribution in [3.63, 3.8) is 0 Å². The lowest BCUT2D eigenvalue weighted by atomic mass is 9.81. The average molecular weight is 270 g/mol. The molecule has 20 heavy (non-hydrogen) atoms. The largest absolute Gasteiger partial charge is 0.461 e. The van der Waals surface area contributed by atoms with Crippen molar-refractivity contribution in [2.45, 2.75) is 20.0 Å². The van der Waals surface area contributed by atoms with Gasteiger partial charge in [-0.2, -0.15) is 0 Å². The molecule has 0 radical (unpaired) electrons. The number of fused-ring (bicyclic) bond motifs is 2. The molecule has 0 aromatic heterocycles. The number of ketones is 1. The van der Waals surface area contributed by atoms with Gasteiger partial charge in [-0.25, -0.2) is 0 Å². The van der Waals surface area contributed by atoms with E-state index in [1.54, 1.807) is 6.92 Å². The lowest BCUT2D eigenvalue weighted by molar-refractivity contribution is -0.154. The Bertz CT molecular complexity index is 547. The number of carbonyl (C=O) groups is 2. The number of allylic oxidation sites excluding steroid dienone is 2. The second-order valence-corrected chi connectivity index (χ2v) is 5.70. The van der Waals surface area contributed by atoms with Crippen LogP contribution < -0.4 is 0 Å². The lowest BCUT2D eigenvalue weighted by Crippen LogP contribution is -2.33. The van der Waals surface area contributed by atoms with Crippen LogP contribution in [0.2, 0.25) is 0 Å². The fourth-order valence-corrected chi connectivity index (χ4v) is 3.52. The maximum Gasteiger partial charge on any atom is 0.310 e. The summed E-state index contributed by atoms with van der Waals surface area (Å²) < 4.78 is 5.42. The first-order chi connectivity index (χ1) is 9.66. The molecular formula is C17H18O3. The Balaban J connectivity index is 1.68. The first-order valence-corrected chi connectivity index (χ1v) is 7.06. The van der Waals surface area contributed by atoms with Gasteiger partial charge in [-0.1, -0.05) is 42.5 Å². The van der Waals surface area contributed by atoms with E-state index in [9.17, 15) is 9.59 Å². The first-order valence-electron chi connectivity index (χ1n) is 7.06. The molecule has 0 spiro atoms. The summed E-state index contributed by atoms with van der Waals surface area (Å²) >= 11 is 0. The van der Waals surface area contributed by atoms with Crippen LogP contribution >= 0.6 is 0 Å². The fraction of sp³-hybridized carbons (Fsp3) is 0.412. The van der Waals surface area contributed by atoms with Crippen molar-refractivity contribution in [2.75, 3.05) is 0 Å². The van der Waals surface area contributed by atoms with Crippen molar-refractivity contribution >= 4 is 11.8 Å².